The monoisotopic (exact) mass is 756 g/mol. The molecule has 3 aromatic carbocycles. The predicted molar refractivity (Wildman–Crippen MR) is 204 cm³/mol. The number of nitriles is 2. The van der Waals surface area contributed by atoms with Gasteiger partial charge in [-0.15, -0.1) is 0 Å². The van der Waals surface area contributed by atoms with Crippen molar-refractivity contribution < 1.29 is 38.1 Å². The first kappa shape index (κ1) is 39.9. The highest BCUT2D eigenvalue weighted by Gasteiger charge is 2.45. The van der Waals surface area contributed by atoms with Crippen LogP contribution in [0.1, 0.15) is 50.7 Å². The number of hydrogen-bond acceptors (Lipinski definition) is 14. The number of allylic oxidation sites excluding steroid dienone is 2. The molecule has 0 aliphatic carbocycles. The minimum Gasteiger partial charge on any atom is -0.463 e. The zero-order valence-electron chi connectivity index (χ0n) is 31.3. The summed E-state index contributed by atoms with van der Waals surface area (Å²) >= 11 is 0. The summed E-state index contributed by atoms with van der Waals surface area (Å²) in [5, 5.41) is 21.0. The van der Waals surface area contributed by atoms with Gasteiger partial charge in [-0.2, -0.15) is 10.5 Å². The zero-order chi connectivity index (χ0) is 40.5. The number of rotatable bonds is 12. The SMILES string of the molecule is CCOC(=O)C1=C(C(=O)OCC)N(c2ccc(N3C(N)=C(C#N)C(c4ccccc4)C(C(=O)OCC)=C3C(=O)OCC)cc2)C(N)=C(C#N)C1c1ccccc1. The van der Waals surface area contributed by atoms with E-state index in [4.69, 9.17) is 30.4 Å². The molecule has 0 fully saturated rings. The topological polar surface area (TPSA) is 211 Å². The van der Waals surface area contributed by atoms with Crippen molar-refractivity contribution in [1.82, 2.24) is 0 Å². The van der Waals surface area contributed by atoms with Gasteiger partial charge < -0.3 is 30.4 Å². The van der Waals surface area contributed by atoms with E-state index < -0.39 is 35.7 Å². The van der Waals surface area contributed by atoms with Crippen LogP contribution >= 0.6 is 0 Å². The molecule has 2 aliphatic rings. The standard InChI is InChI=1S/C42H40N6O8/c1-5-53-39(49)33-31(25-15-11-9-12-16-25)29(23-43)37(45)47(35(33)41(51)55-7-3)27-19-21-28(22-20-27)48-36(42(52)56-8-4)34(40(50)54-6-2)32(30(24-44)38(48)46)26-17-13-10-14-18-26/h9-22,31-32H,5-8,45-46H2,1-4H3. The number of hydrogen-bond donors (Lipinski definition) is 2. The van der Waals surface area contributed by atoms with Gasteiger partial charge in [-0.25, -0.2) is 19.2 Å². The molecule has 0 saturated heterocycles. The summed E-state index contributed by atoms with van der Waals surface area (Å²) in [6.07, 6.45) is 0. The highest BCUT2D eigenvalue weighted by Crippen LogP contribution is 2.46. The van der Waals surface area contributed by atoms with E-state index in [0.717, 1.165) is 0 Å². The number of carbonyl (C=O) groups excluding carboxylic acids is 4. The largest absolute Gasteiger partial charge is 0.463 e. The molecule has 3 aromatic rings. The van der Waals surface area contributed by atoms with Gasteiger partial charge in [-0.1, -0.05) is 60.7 Å². The minimum atomic E-state index is -1.08. The molecule has 286 valence electrons. The van der Waals surface area contributed by atoms with Gasteiger partial charge >= 0.3 is 23.9 Å². The van der Waals surface area contributed by atoms with Crippen molar-refractivity contribution in [3.63, 3.8) is 0 Å². The summed E-state index contributed by atoms with van der Waals surface area (Å²) in [7, 11) is 0. The summed E-state index contributed by atoms with van der Waals surface area (Å²) in [4.78, 5) is 57.8. The molecular formula is C42H40N6O8. The van der Waals surface area contributed by atoms with E-state index >= 15 is 0 Å². The number of ether oxygens (including phenoxy) is 4. The molecule has 2 atom stereocenters. The Bertz CT molecular complexity index is 2070. The van der Waals surface area contributed by atoms with Gasteiger partial charge in [-0.05, 0) is 63.1 Å². The maximum atomic E-state index is 13.9. The lowest BCUT2D eigenvalue weighted by Gasteiger charge is -2.37. The van der Waals surface area contributed by atoms with Crippen LogP contribution in [0.25, 0.3) is 0 Å². The second-order valence-electron chi connectivity index (χ2n) is 12.1. The third kappa shape index (κ3) is 7.41. The average molecular weight is 757 g/mol. The van der Waals surface area contributed by atoms with Gasteiger partial charge in [0.1, 0.15) is 23.0 Å². The third-order valence-electron chi connectivity index (χ3n) is 8.95. The van der Waals surface area contributed by atoms with Crippen LogP contribution in [0, 0.1) is 22.7 Å². The second kappa shape index (κ2) is 17.7. The normalized spacial score (nSPS) is 16.9. The molecule has 2 aliphatic heterocycles. The van der Waals surface area contributed by atoms with Crippen molar-refractivity contribution in [3.05, 3.63) is 141 Å². The van der Waals surface area contributed by atoms with Crippen molar-refractivity contribution in [1.29, 1.82) is 10.5 Å². The van der Waals surface area contributed by atoms with Crippen LogP contribution < -0.4 is 21.3 Å². The first-order valence-corrected chi connectivity index (χ1v) is 17.9. The first-order valence-electron chi connectivity index (χ1n) is 17.9. The van der Waals surface area contributed by atoms with Gasteiger partial charge in [0.15, 0.2) is 0 Å². The fourth-order valence-corrected chi connectivity index (χ4v) is 6.72. The number of benzene rings is 3. The van der Waals surface area contributed by atoms with Crippen LogP contribution in [0.15, 0.2) is 130 Å². The van der Waals surface area contributed by atoms with Crippen molar-refractivity contribution in [2.75, 3.05) is 36.2 Å². The highest BCUT2D eigenvalue weighted by molar-refractivity contribution is 6.08. The Balaban J connectivity index is 1.76. The fourth-order valence-electron chi connectivity index (χ4n) is 6.72. The maximum absolute atomic E-state index is 13.9. The van der Waals surface area contributed by atoms with Crippen molar-refractivity contribution >= 4 is 35.3 Å². The Morgan fingerprint density at radius 1 is 0.536 bits per heavy atom. The van der Waals surface area contributed by atoms with E-state index in [2.05, 4.69) is 12.1 Å². The Morgan fingerprint density at radius 2 is 0.839 bits per heavy atom. The van der Waals surface area contributed by atoms with Crippen LogP contribution in [-0.2, 0) is 38.1 Å². The molecule has 14 nitrogen and oxygen atoms in total. The molecule has 0 bridgehead atoms. The van der Waals surface area contributed by atoms with Gasteiger partial charge in [-0.3, -0.25) is 9.80 Å². The molecule has 2 heterocycles. The van der Waals surface area contributed by atoms with E-state index in [-0.39, 0.29) is 83.1 Å². The average Bonchev–Trinajstić information content (AvgIpc) is 3.20. The van der Waals surface area contributed by atoms with Gasteiger partial charge in [0, 0.05) is 11.4 Å². The van der Waals surface area contributed by atoms with E-state index in [1.165, 1.54) is 34.1 Å². The summed E-state index contributed by atoms with van der Waals surface area (Å²) in [5.41, 5.74) is 14.0. The molecule has 56 heavy (non-hydrogen) atoms. The van der Waals surface area contributed by atoms with Crippen LogP contribution in [0.4, 0.5) is 11.4 Å². The Morgan fingerprint density at radius 3 is 1.12 bits per heavy atom. The van der Waals surface area contributed by atoms with Crippen LogP contribution in [0.2, 0.25) is 0 Å². The zero-order valence-corrected chi connectivity index (χ0v) is 31.3. The lowest BCUT2D eigenvalue weighted by molar-refractivity contribution is -0.142. The molecule has 0 amide bonds. The number of esters is 4. The Kier molecular flexibility index (Phi) is 12.6. The summed E-state index contributed by atoms with van der Waals surface area (Å²) in [6.45, 7) is 6.28. The predicted octanol–water partition coefficient (Wildman–Crippen LogP) is 5.04. The second-order valence-corrected chi connectivity index (χ2v) is 12.1. The van der Waals surface area contributed by atoms with Crippen molar-refractivity contribution in [2.24, 2.45) is 11.5 Å². The number of carbonyl (C=O) groups is 4. The molecule has 0 radical (unpaired) electrons. The lowest BCUT2D eigenvalue weighted by Crippen LogP contribution is -2.41. The van der Waals surface area contributed by atoms with E-state index in [1.54, 1.807) is 88.4 Å². The first-order chi connectivity index (χ1) is 27.1. The van der Waals surface area contributed by atoms with Crippen molar-refractivity contribution in [3.8, 4) is 12.1 Å². The quantitative estimate of drug-likeness (QED) is 0.183. The van der Waals surface area contributed by atoms with Gasteiger partial charge in [0.25, 0.3) is 0 Å². The molecule has 2 unspecified atom stereocenters. The maximum Gasteiger partial charge on any atom is 0.355 e. The van der Waals surface area contributed by atoms with Gasteiger partial charge in [0.05, 0.1) is 72.7 Å². The molecule has 5 rings (SSSR count). The Hall–Kier alpha value is -7.32. The number of nitrogens with two attached hydrogens (primary N) is 2. The molecule has 4 N–H and O–H groups in total. The summed E-state index contributed by atoms with van der Waals surface area (Å²) in [5.74, 6) is -5.98. The molecular weight excluding hydrogens is 716 g/mol. The third-order valence-corrected chi connectivity index (χ3v) is 8.95. The van der Waals surface area contributed by atoms with E-state index in [1.807, 2.05) is 0 Å². The minimum absolute atomic E-state index is 0.0274. The number of anilines is 2. The molecule has 14 heteroatoms. The molecule has 0 aromatic heterocycles. The van der Waals surface area contributed by atoms with E-state index in [9.17, 15) is 29.7 Å². The summed E-state index contributed by atoms with van der Waals surface area (Å²) in [6, 6.07) is 27.5. The van der Waals surface area contributed by atoms with Crippen LogP contribution in [0.5, 0.6) is 0 Å². The van der Waals surface area contributed by atoms with E-state index in [0.29, 0.717) is 11.1 Å². The van der Waals surface area contributed by atoms with Crippen LogP contribution in [-0.4, -0.2) is 50.3 Å². The molecule has 0 saturated carbocycles. The smallest absolute Gasteiger partial charge is 0.355 e. The van der Waals surface area contributed by atoms with Crippen LogP contribution in [0.3, 0.4) is 0 Å². The number of nitrogens with zero attached hydrogens (tertiary/aromatic N) is 4. The Labute approximate surface area is 324 Å². The molecule has 0 spiro atoms. The summed E-state index contributed by atoms with van der Waals surface area (Å²) < 4.78 is 21.8. The van der Waals surface area contributed by atoms with Gasteiger partial charge in [0.2, 0.25) is 0 Å². The highest BCUT2D eigenvalue weighted by atomic mass is 16.5. The fraction of sp³-hybridized carbons (Fsp3) is 0.238. The lowest BCUT2D eigenvalue weighted by atomic mass is 9.80. The van der Waals surface area contributed by atoms with Crippen molar-refractivity contribution in [2.45, 2.75) is 39.5 Å².